The summed E-state index contributed by atoms with van der Waals surface area (Å²) in [6.45, 7) is 4.14. The van der Waals surface area contributed by atoms with E-state index in [9.17, 15) is 13.2 Å². The van der Waals surface area contributed by atoms with E-state index < -0.39 is 6.36 Å². The molecule has 38 heavy (non-hydrogen) atoms. The summed E-state index contributed by atoms with van der Waals surface area (Å²) in [6.07, 6.45) is -0.714. The van der Waals surface area contributed by atoms with Gasteiger partial charge in [-0.15, -0.1) is 13.2 Å². The van der Waals surface area contributed by atoms with Crippen LogP contribution >= 0.6 is 0 Å². The number of hydrogen-bond acceptors (Lipinski definition) is 7. The highest BCUT2D eigenvalue weighted by Gasteiger charge is 2.31. The number of halogens is 3. The number of aromatic nitrogens is 3. The lowest BCUT2D eigenvalue weighted by Crippen LogP contribution is -2.39. The first-order valence-electron chi connectivity index (χ1n) is 12.0. The van der Waals surface area contributed by atoms with Gasteiger partial charge in [0.1, 0.15) is 17.3 Å². The van der Waals surface area contributed by atoms with Crippen molar-refractivity contribution in [3.8, 4) is 5.75 Å². The van der Waals surface area contributed by atoms with Gasteiger partial charge in [-0.25, -0.2) is 4.98 Å². The van der Waals surface area contributed by atoms with Crippen LogP contribution in [0, 0.1) is 12.3 Å². The molecule has 0 aliphatic carbocycles. The van der Waals surface area contributed by atoms with Crippen molar-refractivity contribution in [1.29, 1.82) is 5.41 Å². The van der Waals surface area contributed by atoms with Gasteiger partial charge in [0.2, 0.25) is 5.90 Å². The quantitative estimate of drug-likeness (QED) is 0.355. The molecule has 1 aliphatic rings. The highest BCUT2D eigenvalue weighted by molar-refractivity contribution is 6.07. The lowest BCUT2D eigenvalue weighted by Gasteiger charge is -2.32. The number of nitrogens with one attached hydrogen (secondary N) is 1. The zero-order chi connectivity index (χ0) is 27.3. The number of ether oxygens (including phenoxy) is 3. The van der Waals surface area contributed by atoms with Crippen molar-refractivity contribution in [2.75, 3.05) is 32.2 Å². The Balaban J connectivity index is 1.48. The lowest BCUT2D eigenvalue weighted by atomic mass is 10.1. The molecule has 9 nitrogen and oxygen atoms in total. The van der Waals surface area contributed by atoms with Crippen LogP contribution in [0.4, 0.5) is 19.0 Å². The van der Waals surface area contributed by atoms with Crippen LogP contribution in [0.15, 0.2) is 53.7 Å². The monoisotopic (exact) mass is 530 g/mol. The Hall–Kier alpha value is -3.93. The fraction of sp³-hybridized carbons (Fsp3) is 0.385. The van der Waals surface area contributed by atoms with Crippen LogP contribution < -0.4 is 9.64 Å². The molecule has 0 bridgehead atoms. The first-order chi connectivity index (χ1) is 18.1. The molecule has 1 fully saturated rings. The molecule has 3 aromatic rings. The predicted octanol–water partition coefficient (Wildman–Crippen LogP) is 4.57. The Morgan fingerprint density at radius 1 is 1.16 bits per heavy atom. The number of anilines is 1. The molecule has 202 valence electrons. The minimum Gasteiger partial charge on any atom is -0.479 e. The summed E-state index contributed by atoms with van der Waals surface area (Å²) in [5.41, 5.74) is 2.61. The molecule has 0 amide bonds. The van der Waals surface area contributed by atoms with Gasteiger partial charge in [-0.3, -0.25) is 10.1 Å². The van der Waals surface area contributed by atoms with E-state index in [1.807, 2.05) is 23.7 Å². The van der Waals surface area contributed by atoms with Crippen LogP contribution in [-0.4, -0.2) is 66.3 Å². The second-order valence-corrected chi connectivity index (χ2v) is 8.84. The number of benzene rings is 1. The SMILES string of the molecule is CO/C(=N\C(=N)c1ccc(OC(F)(F)F)cc1)c1cc(C)n(Cc2ccnc(N3CCCC(OC)C3)c2)n1. The molecule has 1 atom stereocenters. The Morgan fingerprint density at radius 2 is 1.92 bits per heavy atom. The fourth-order valence-electron chi connectivity index (χ4n) is 4.21. The van der Waals surface area contributed by atoms with E-state index in [0.29, 0.717) is 17.8 Å². The number of rotatable bonds is 7. The minimum atomic E-state index is -4.79. The average molecular weight is 531 g/mol. The molecule has 2 aromatic heterocycles. The van der Waals surface area contributed by atoms with Crippen LogP contribution in [-0.2, 0) is 16.0 Å². The van der Waals surface area contributed by atoms with Crippen molar-refractivity contribution in [3.05, 3.63) is 71.2 Å². The van der Waals surface area contributed by atoms with Crippen LogP contribution in [0.25, 0.3) is 0 Å². The molecule has 0 radical (unpaired) electrons. The second kappa shape index (κ2) is 11.6. The molecule has 1 aliphatic heterocycles. The van der Waals surface area contributed by atoms with E-state index in [2.05, 4.69) is 24.7 Å². The lowest BCUT2D eigenvalue weighted by molar-refractivity contribution is -0.274. The molecule has 1 N–H and O–H groups in total. The number of amidine groups is 1. The van der Waals surface area contributed by atoms with E-state index >= 15 is 0 Å². The number of hydrogen-bond donors (Lipinski definition) is 1. The third-order valence-corrected chi connectivity index (χ3v) is 6.15. The number of pyridine rings is 1. The first-order valence-corrected chi connectivity index (χ1v) is 12.0. The molecule has 12 heteroatoms. The van der Waals surface area contributed by atoms with Crippen LogP contribution in [0.1, 0.15) is 35.4 Å². The normalized spacial score (nSPS) is 16.4. The van der Waals surface area contributed by atoms with Crippen molar-refractivity contribution in [2.45, 2.75) is 38.8 Å². The topological polar surface area (TPSA) is 97.9 Å². The molecular weight excluding hydrogens is 501 g/mol. The number of methoxy groups -OCH3 is 2. The van der Waals surface area contributed by atoms with Crippen molar-refractivity contribution >= 4 is 17.6 Å². The van der Waals surface area contributed by atoms with E-state index in [0.717, 1.165) is 55.1 Å². The van der Waals surface area contributed by atoms with Crippen molar-refractivity contribution in [1.82, 2.24) is 14.8 Å². The fourth-order valence-corrected chi connectivity index (χ4v) is 4.21. The van der Waals surface area contributed by atoms with Gasteiger partial charge < -0.3 is 19.1 Å². The third-order valence-electron chi connectivity index (χ3n) is 6.15. The van der Waals surface area contributed by atoms with Crippen molar-refractivity contribution in [3.63, 3.8) is 0 Å². The smallest absolute Gasteiger partial charge is 0.479 e. The third kappa shape index (κ3) is 6.88. The van der Waals surface area contributed by atoms with Gasteiger partial charge in [0.25, 0.3) is 0 Å². The number of nitrogens with zero attached hydrogens (tertiary/aromatic N) is 5. The van der Waals surface area contributed by atoms with Crippen molar-refractivity contribution in [2.24, 2.45) is 4.99 Å². The summed E-state index contributed by atoms with van der Waals surface area (Å²) >= 11 is 0. The van der Waals surface area contributed by atoms with Gasteiger partial charge >= 0.3 is 6.36 Å². The minimum absolute atomic E-state index is 0.113. The molecule has 1 unspecified atom stereocenters. The molecule has 4 rings (SSSR count). The van der Waals surface area contributed by atoms with Gasteiger partial charge in [0, 0.05) is 37.7 Å². The summed E-state index contributed by atoms with van der Waals surface area (Å²) < 4.78 is 53.8. The van der Waals surface area contributed by atoms with E-state index in [4.69, 9.17) is 14.9 Å². The molecule has 0 spiro atoms. The van der Waals surface area contributed by atoms with Gasteiger partial charge in [-0.2, -0.15) is 10.1 Å². The molecule has 3 heterocycles. The number of aryl methyl sites for hydroxylation is 1. The maximum absolute atomic E-state index is 12.4. The predicted molar refractivity (Wildman–Crippen MR) is 136 cm³/mol. The maximum atomic E-state index is 12.4. The molecule has 1 aromatic carbocycles. The maximum Gasteiger partial charge on any atom is 0.573 e. The molecule has 1 saturated heterocycles. The summed E-state index contributed by atoms with van der Waals surface area (Å²) in [5.74, 6) is 0.440. The summed E-state index contributed by atoms with van der Waals surface area (Å²) in [6, 6.07) is 10.7. The largest absolute Gasteiger partial charge is 0.573 e. The van der Waals surface area contributed by atoms with Gasteiger partial charge in [-0.1, -0.05) is 0 Å². The van der Waals surface area contributed by atoms with E-state index in [1.165, 1.54) is 19.2 Å². The summed E-state index contributed by atoms with van der Waals surface area (Å²) in [7, 11) is 3.15. The van der Waals surface area contributed by atoms with Crippen molar-refractivity contribution < 1.29 is 27.4 Å². The van der Waals surface area contributed by atoms with Gasteiger partial charge in [0.05, 0.1) is 19.8 Å². The average Bonchev–Trinajstić information content (AvgIpc) is 3.26. The number of piperidine rings is 1. The zero-order valence-corrected chi connectivity index (χ0v) is 21.3. The Bertz CT molecular complexity index is 1290. The second-order valence-electron chi connectivity index (χ2n) is 8.84. The van der Waals surface area contributed by atoms with Crippen LogP contribution in [0.2, 0.25) is 0 Å². The highest BCUT2D eigenvalue weighted by Crippen LogP contribution is 2.23. The number of aliphatic imine (C=N–C) groups is 1. The highest BCUT2D eigenvalue weighted by atomic mass is 19.4. The Kier molecular flexibility index (Phi) is 8.30. The Labute approximate surface area is 218 Å². The molecular formula is C26H29F3N6O3. The Morgan fingerprint density at radius 3 is 2.61 bits per heavy atom. The molecule has 0 saturated carbocycles. The van der Waals surface area contributed by atoms with Crippen LogP contribution in [0.5, 0.6) is 5.75 Å². The standard InChI is InChI=1S/C26H29F3N6O3/c1-17-13-22(25(37-3)32-24(30)19-6-8-20(9-7-19)38-26(27,28)29)33-35(17)15-18-10-11-31-23(14-18)34-12-4-5-21(16-34)36-2/h6-11,13-14,21,30H,4-5,12,15-16H2,1-3H3/b30-24?,32-25-. The van der Waals surface area contributed by atoms with Gasteiger partial charge in [0.15, 0.2) is 5.84 Å². The number of alkyl halides is 3. The zero-order valence-electron chi connectivity index (χ0n) is 21.3. The van der Waals surface area contributed by atoms with Crippen LogP contribution in [0.3, 0.4) is 0 Å². The van der Waals surface area contributed by atoms with E-state index in [1.54, 1.807) is 19.4 Å². The summed E-state index contributed by atoms with van der Waals surface area (Å²) in [4.78, 5) is 11.0. The summed E-state index contributed by atoms with van der Waals surface area (Å²) in [5, 5.41) is 12.9. The van der Waals surface area contributed by atoms with E-state index in [-0.39, 0.29) is 23.6 Å². The van der Waals surface area contributed by atoms with Gasteiger partial charge in [-0.05, 0) is 67.8 Å². The first kappa shape index (κ1) is 27.1.